The normalized spacial score (nSPS) is 26.1. The van der Waals surface area contributed by atoms with Crippen LogP contribution in [0.5, 0.6) is 0 Å². The molecule has 0 aliphatic carbocycles. The van der Waals surface area contributed by atoms with Crippen LogP contribution in [-0.4, -0.2) is 29.3 Å². The Kier molecular flexibility index (Phi) is 2.89. The van der Waals surface area contributed by atoms with Crippen LogP contribution in [0.1, 0.15) is 40.0 Å². The smallest absolute Gasteiger partial charge is 0.121 e. The summed E-state index contributed by atoms with van der Waals surface area (Å²) in [7, 11) is 0. The highest BCUT2D eigenvalue weighted by Crippen LogP contribution is 2.27. The predicted molar refractivity (Wildman–Crippen MR) is 50.2 cm³/mol. The van der Waals surface area contributed by atoms with Gasteiger partial charge < -0.3 is 4.79 Å². The molecular formula is C10H19NO. The minimum atomic E-state index is 0.226. The summed E-state index contributed by atoms with van der Waals surface area (Å²) < 4.78 is 0. The standard InChI is InChI=1S/C10H19NO/c1-10(2,3)11-7-4-5-9(11)6-8-12/h8-9H,4-7H2,1-3H3. The third-order valence-corrected chi connectivity index (χ3v) is 2.61. The highest BCUT2D eigenvalue weighted by Gasteiger charge is 2.32. The Morgan fingerprint density at radius 1 is 1.50 bits per heavy atom. The number of rotatable bonds is 2. The van der Waals surface area contributed by atoms with E-state index in [9.17, 15) is 4.79 Å². The van der Waals surface area contributed by atoms with Crippen LogP contribution in [-0.2, 0) is 4.79 Å². The first-order valence-electron chi connectivity index (χ1n) is 4.76. The van der Waals surface area contributed by atoms with E-state index in [0.29, 0.717) is 12.5 Å². The molecule has 0 saturated carbocycles. The molecule has 0 bridgehead atoms. The van der Waals surface area contributed by atoms with E-state index in [4.69, 9.17) is 0 Å². The lowest BCUT2D eigenvalue weighted by molar-refractivity contribution is -0.109. The van der Waals surface area contributed by atoms with Gasteiger partial charge in [0.2, 0.25) is 0 Å². The van der Waals surface area contributed by atoms with Gasteiger partial charge in [0.15, 0.2) is 0 Å². The first-order valence-corrected chi connectivity index (χ1v) is 4.76. The topological polar surface area (TPSA) is 20.3 Å². The molecule has 2 nitrogen and oxygen atoms in total. The molecule has 0 amide bonds. The van der Waals surface area contributed by atoms with Crippen LogP contribution in [0.3, 0.4) is 0 Å². The Labute approximate surface area is 74.9 Å². The fourth-order valence-electron chi connectivity index (χ4n) is 2.07. The van der Waals surface area contributed by atoms with Gasteiger partial charge in [-0.05, 0) is 40.2 Å². The van der Waals surface area contributed by atoms with Crippen molar-refractivity contribution in [1.82, 2.24) is 4.90 Å². The molecule has 70 valence electrons. The molecular weight excluding hydrogens is 150 g/mol. The van der Waals surface area contributed by atoms with Crippen LogP contribution in [0.15, 0.2) is 0 Å². The summed E-state index contributed by atoms with van der Waals surface area (Å²) in [6.45, 7) is 7.81. The van der Waals surface area contributed by atoms with Crippen LogP contribution >= 0.6 is 0 Å². The first-order chi connectivity index (χ1) is 5.55. The zero-order chi connectivity index (χ0) is 9.19. The third-order valence-electron chi connectivity index (χ3n) is 2.61. The lowest BCUT2D eigenvalue weighted by atomic mass is 10.0. The monoisotopic (exact) mass is 169 g/mol. The number of nitrogens with zero attached hydrogens (tertiary/aromatic N) is 1. The first kappa shape index (κ1) is 9.72. The van der Waals surface area contributed by atoms with Gasteiger partial charge in [-0.15, -0.1) is 0 Å². The molecule has 0 N–H and O–H groups in total. The second kappa shape index (κ2) is 3.56. The van der Waals surface area contributed by atoms with E-state index in [1.807, 2.05) is 0 Å². The fourth-order valence-corrected chi connectivity index (χ4v) is 2.07. The van der Waals surface area contributed by atoms with Crippen molar-refractivity contribution in [3.8, 4) is 0 Å². The van der Waals surface area contributed by atoms with Crippen molar-refractivity contribution in [2.75, 3.05) is 6.54 Å². The summed E-state index contributed by atoms with van der Waals surface area (Å²) >= 11 is 0. The van der Waals surface area contributed by atoms with Gasteiger partial charge in [-0.1, -0.05) is 0 Å². The third kappa shape index (κ3) is 2.07. The number of carbonyl (C=O) groups is 1. The molecule has 0 aromatic heterocycles. The van der Waals surface area contributed by atoms with Crippen molar-refractivity contribution in [2.45, 2.75) is 51.6 Å². The highest BCUT2D eigenvalue weighted by atomic mass is 16.1. The number of likely N-dealkylation sites (tertiary alicyclic amines) is 1. The molecule has 1 aliphatic rings. The quantitative estimate of drug-likeness (QED) is 0.588. The number of aldehydes is 1. The van der Waals surface area contributed by atoms with E-state index in [2.05, 4.69) is 25.7 Å². The van der Waals surface area contributed by atoms with E-state index >= 15 is 0 Å². The average molecular weight is 169 g/mol. The molecule has 1 heterocycles. The molecule has 2 heteroatoms. The minimum Gasteiger partial charge on any atom is -0.303 e. The Bertz CT molecular complexity index is 160. The van der Waals surface area contributed by atoms with Crippen LogP contribution in [0.25, 0.3) is 0 Å². The van der Waals surface area contributed by atoms with Gasteiger partial charge in [-0.25, -0.2) is 0 Å². The maximum Gasteiger partial charge on any atom is 0.121 e. The molecule has 0 aromatic rings. The zero-order valence-corrected chi connectivity index (χ0v) is 8.34. The van der Waals surface area contributed by atoms with Gasteiger partial charge in [0.05, 0.1) is 0 Å². The summed E-state index contributed by atoms with van der Waals surface area (Å²) in [6, 6.07) is 0.502. The summed E-state index contributed by atoms with van der Waals surface area (Å²) in [4.78, 5) is 12.9. The lowest BCUT2D eigenvalue weighted by Crippen LogP contribution is -2.44. The summed E-state index contributed by atoms with van der Waals surface area (Å²) in [6.07, 6.45) is 4.19. The second-order valence-electron chi connectivity index (χ2n) is 4.56. The highest BCUT2D eigenvalue weighted by molar-refractivity contribution is 5.50. The van der Waals surface area contributed by atoms with Gasteiger partial charge >= 0.3 is 0 Å². The maximum absolute atomic E-state index is 10.4. The number of hydrogen-bond donors (Lipinski definition) is 0. The lowest BCUT2D eigenvalue weighted by Gasteiger charge is -2.36. The Balaban J connectivity index is 2.57. The van der Waals surface area contributed by atoms with Crippen molar-refractivity contribution < 1.29 is 4.79 Å². The largest absolute Gasteiger partial charge is 0.303 e. The molecule has 0 radical (unpaired) electrons. The molecule has 12 heavy (non-hydrogen) atoms. The van der Waals surface area contributed by atoms with Crippen LogP contribution in [0.4, 0.5) is 0 Å². The van der Waals surface area contributed by atoms with Crippen molar-refractivity contribution in [1.29, 1.82) is 0 Å². The van der Waals surface area contributed by atoms with Gasteiger partial charge in [0.25, 0.3) is 0 Å². The van der Waals surface area contributed by atoms with Crippen LogP contribution in [0.2, 0.25) is 0 Å². The molecule has 1 rings (SSSR count). The minimum absolute atomic E-state index is 0.226. The van der Waals surface area contributed by atoms with Gasteiger partial charge in [0, 0.05) is 18.0 Å². The molecule has 0 aromatic carbocycles. The molecule has 1 aliphatic heterocycles. The molecule has 0 spiro atoms. The van der Waals surface area contributed by atoms with Gasteiger partial charge in [0.1, 0.15) is 6.29 Å². The zero-order valence-electron chi connectivity index (χ0n) is 8.34. The van der Waals surface area contributed by atoms with Crippen molar-refractivity contribution >= 4 is 6.29 Å². The van der Waals surface area contributed by atoms with Gasteiger partial charge in [-0.2, -0.15) is 0 Å². The SMILES string of the molecule is CC(C)(C)N1CCCC1CC=O. The molecule has 1 saturated heterocycles. The van der Waals surface area contributed by atoms with E-state index < -0.39 is 0 Å². The molecule has 1 fully saturated rings. The van der Waals surface area contributed by atoms with Crippen molar-refractivity contribution in [3.05, 3.63) is 0 Å². The van der Waals surface area contributed by atoms with Gasteiger partial charge in [-0.3, -0.25) is 4.90 Å². The fraction of sp³-hybridized carbons (Fsp3) is 0.900. The van der Waals surface area contributed by atoms with Crippen molar-refractivity contribution in [3.63, 3.8) is 0 Å². The summed E-state index contributed by atoms with van der Waals surface area (Å²) in [5.74, 6) is 0. The Hall–Kier alpha value is -0.370. The molecule has 1 atom stereocenters. The Morgan fingerprint density at radius 3 is 2.67 bits per heavy atom. The maximum atomic E-state index is 10.4. The van der Waals surface area contributed by atoms with E-state index in [1.54, 1.807) is 0 Å². The number of carbonyl (C=O) groups excluding carboxylic acids is 1. The number of hydrogen-bond acceptors (Lipinski definition) is 2. The van der Waals surface area contributed by atoms with E-state index in [1.165, 1.54) is 12.8 Å². The van der Waals surface area contributed by atoms with Crippen LogP contribution in [0, 0.1) is 0 Å². The average Bonchev–Trinajstić information content (AvgIpc) is 2.34. The van der Waals surface area contributed by atoms with Crippen molar-refractivity contribution in [2.24, 2.45) is 0 Å². The summed E-state index contributed by atoms with van der Waals surface area (Å²) in [5, 5.41) is 0. The van der Waals surface area contributed by atoms with E-state index in [-0.39, 0.29) is 5.54 Å². The summed E-state index contributed by atoms with van der Waals surface area (Å²) in [5.41, 5.74) is 0.226. The van der Waals surface area contributed by atoms with E-state index in [0.717, 1.165) is 12.8 Å². The Morgan fingerprint density at radius 2 is 2.17 bits per heavy atom. The second-order valence-corrected chi connectivity index (χ2v) is 4.56. The predicted octanol–water partition coefficient (Wildman–Crippen LogP) is 1.84. The van der Waals surface area contributed by atoms with Crippen LogP contribution < -0.4 is 0 Å². The molecule has 1 unspecified atom stereocenters.